The molecule has 104 valence electrons. The Morgan fingerprint density at radius 1 is 1.32 bits per heavy atom. The van der Waals surface area contributed by atoms with E-state index in [0.717, 1.165) is 0 Å². The van der Waals surface area contributed by atoms with Crippen molar-refractivity contribution >= 4 is 40.9 Å². The summed E-state index contributed by atoms with van der Waals surface area (Å²) in [5, 5.41) is 23.1. The maximum atomic E-state index is 11.6. The number of nitrogens with one attached hydrogen (secondary N) is 2. The molecule has 0 aliphatic carbocycles. The molecule has 19 heavy (non-hydrogen) atoms. The zero-order valence-electron chi connectivity index (χ0n) is 9.85. The minimum Gasteiger partial charge on any atom is -0.480 e. The summed E-state index contributed by atoms with van der Waals surface area (Å²) in [6.45, 7) is 1.26. The lowest BCUT2D eigenvalue weighted by atomic mass is 10.2. The van der Waals surface area contributed by atoms with Gasteiger partial charge >= 0.3 is 12.0 Å². The molecule has 1 rings (SSSR count). The fraction of sp³-hybridized carbons (Fsp3) is 0.273. The second-order valence-electron chi connectivity index (χ2n) is 3.78. The van der Waals surface area contributed by atoms with E-state index in [1.807, 2.05) is 0 Å². The topological polar surface area (TPSA) is 98.7 Å². The Hall–Kier alpha value is -1.50. The molecular weight excluding hydrogens is 295 g/mol. The number of carboxylic acids is 1. The van der Waals surface area contributed by atoms with E-state index >= 15 is 0 Å². The highest BCUT2D eigenvalue weighted by molar-refractivity contribution is 6.36. The van der Waals surface area contributed by atoms with Crippen molar-refractivity contribution in [1.82, 2.24) is 5.32 Å². The van der Waals surface area contributed by atoms with Gasteiger partial charge in [0.15, 0.2) is 6.04 Å². The molecule has 0 fully saturated rings. The predicted octanol–water partition coefficient (Wildman–Crippen LogP) is 1.95. The van der Waals surface area contributed by atoms with Crippen LogP contribution >= 0.6 is 23.2 Å². The molecule has 4 N–H and O–H groups in total. The van der Waals surface area contributed by atoms with Gasteiger partial charge in [-0.05, 0) is 25.1 Å². The summed E-state index contributed by atoms with van der Waals surface area (Å²) in [6.07, 6.45) is -1.23. The van der Waals surface area contributed by atoms with E-state index in [0.29, 0.717) is 5.02 Å². The van der Waals surface area contributed by atoms with Crippen molar-refractivity contribution in [2.75, 3.05) is 5.32 Å². The van der Waals surface area contributed by atoms with Crippen LogP contribution in [0.5, 0.6) is 0 Å². The number of halogens is 2. The Kier molecular flexibility index (Phi) is 5.41. The van der Waals surface area contributed by atoms with Crippen molar-refractivity contribution in [3.63, 3.8) is 0 Å². The molecule has 0 heterocycles. The summed E-state index contributed by atoms with van der Waals surface area (Å²) >= 11 is 11.5. The number of aliphatic hydroxyl groups is 1. The van der Waals surface area contributed by atoms with Gasteiger partial charge in [-0.25, -0.2) is 9.59 Å². The maximum absolute atomic E-state index is 11.6. The van der Waals surface area contributed by atoms with Crippen molar-refractivity contribution in [3.8, 4) is 0 Å². The van der Waals surface area contributed by atoms with Crippen LogP contribution in [0.2, 0.25) is 10.0 Å². The molecule has 1 aromatic carbocycles. The summed E-state index contributed by atoms with van der Waals surface area (Å²) in [5.41, 5.74) is 0.276. The van der Waals surface area contributed by atoms with Gasteiger partial charge in [-0.3, -0.25) is 0 Å². The van der Waals surface area contributed by atoms with Gasteiger partial charge in [0.25, 0.3) is 0 Å². The molecule has 0 aliphatic rings. The number of benzene rings is 1. The van der Waals surface area contributed by atoms with E-state index in [-0.39, 0.29) is 10.7 Å². The van der Waals surface area contributed by atoms with Crippen molar-refractivity contribution in [3.05, 3.63) is 28.2 Å². The summed E-state index contributed by atoms with van der Waals surface area (Å²) < 4.78 is 0. The van der Waals surface area contributed by atoms with Gasteiger partial charge < -0.3 is 20.8 Å². The fourth-order valence-corrected chi connectivity index (χ4v) is 1.73. The first-order chi connectivity index (χ1) is 8.81. The van der Waals surface area contributed by atoms with Gasteiger partial charge in [0, 0.05) is 5.02 Å². The molecule has 2 atom stereocenters. The normalized spacial score (nSPS) is 13.5. The van der Waals surface area contributed by atoms with Gasteiger partial charge in [0.1, 0.15) is 0 Å². The number of carbonyl (C=O) groups is 2. The number of aliphatic carboxylic acids is 1. The minimum atomic E-state index is -1.41. The predicted molar refractivity (Wildman–Crippen MR) is 71.7 cm³/mol. The molecule has 0 saturated carbocycles. The third kappa shape index (κ3) is 4.59. The first-order valence-corrected chi connectivity index (χ1v) is 6.00. The SMILES string of the molecule is C[C@@H](O)[C@H](NC(=O)Nc1ccc(Cl)cc1Cl)C(=O)O. The number of hydrogen-bond donors (Lipinski definition) is 4. The Morgan fingerprint density at radius 3 is 2.42 bits per heavy atom. The number of amides is 2. The van der Waals surface area contributed by atoms with Crippen LogP contribution in [0.3, 0.4) is 0 Å². The largest absolute Gasteiger partial charge is 0.480 e. The van der Waals surface area contributed by atoms with E-state index in [2.05, 4.69) is 10.6 Å². The van der Waals surface area contributed by atoms with E-state index in [4.69, 9.17) is 28.3 Å². The lowest BCUT2D eigenvalue weighted by Gasteiger charge is -2.17. The highest BCUT2D eigenvalue weighted by Crippen LogP contribution is 2.25. The van der Waals surface area contributed by atoms with Gasteiger partial charge in [-0.2, -0.15) is 0 Å². The first-order valence-electron chi connectivity index (χ1n) is 5.24. The summed E-state index contributed by atoms with van der Waals surface area (Å²) in [7, 11) is 0. The van der Waals surface area contributed by atoms with Gasteiger partial charge in [-0.15, -0.1) is 0 Å². The highest BCUT2D eigenvalue weighted by Gasteiger charge is 2.25. The summed E-state index contributed by atoms with van der Waals surface area (Å²) in [4.78, 5) is 22.4. The molecule has 0 unspecified atom stereocenters. The smallest absolute Gasteiger partial charge is 0.328 e. The number of rotatable bonds is 4. The zero-order chi connectivity index (χ0) is 14.6. The van der Waals surface area contributed by atoms with Gasteiger partial charge in [-0.1, -0.05) is 23.2 Å². The van der Waals surface area contributed by atoms with Crippen molar-refractivity contribution in [2.45, 2.75) is 19.1 Å². The Labute approximate surface area is 119 Å². The number of carboxylic acid groups (broad SMARTS) is 1. The van der Waals surface area contributed by atoms with Crippen LogP contribution in [-0.4, -0.2) is 34.4 Å². The van der Waals surface area contributed by atoms with E-state index in [1.165, 1.54) is 25.1 Å². The van der Waals surface area contributed by atoms with E-state index < -0.39 is 24.1 Å². The molecule has 0 aromatic heterocycles. The lowest BCUT2D eigenvalue weighted by Crippen LogP contribution is -2.49. The van der Waals surface area contributed by atoms with Crippen LogP contribution in [-0.2, 0) is 4.79 Å². The molecule has 0 radical (unpaired) electrons. The Balaban J connectivity index is 2.72. The Morgan fingerprint density at radius 2 is 1.95 bits per heavy atom. The molecule has 2 amide bonds. The van der Waals surface area contributed by atoms with Crippen LogP contribution in [0, 0.1) is 0 Å². The lowest BCUT2D eigenvalue weighted by molar-refractivity contribution is -0.141. The monoisotopic (exact) mass is 306 g/mol. The minimum absolute atomic E-state index is 0.214. The fourth-order valence-electron chi connectivity index (χ4n) is 1.28. The van der Waals surface area contributed by atoms with Crippen molar-refractivity contribution < 1.29 is 19.8 Å². The van der Waals surface area contributed by atoms with Crippen LogP contribution < -0.4 is 10.6 Å². The quantitative estimate of drug-likeness (QED) is 0.683. The number of aliphatic hydroxyl groups excluding tert-OH is 1. The van der Waals surface area contributed by atoms with Crippen molar-refractivity contribution in [1.29, 1.82) is 0 Å². The molecule has 1 aromatic rings. The number of urea groups is 1. The maximum Gasteiger partial charge on any atom is 0.328 e. The summed E-state index contributed by atoms with van der Waals surface area (Å²) in [6, 6.07) is 2.22. The molecule has 0 bridgehead atoms. The first kappa shape index (κ1) is 15.6. The summed E-state index contributed by atoms with van der Waals surface area (Å²) in [5.74, 6) is -1.34. The van der Waals surface area contributed by atoms with Crippen LogP contribution in [0.4, 0.5) is 10.5 Å². The van der Waals surface area contributed by atoms with E-state index in [9.17, 15) is 14.7 Å². The zero-order valence-corrected chi connectivity index (χ0v) is 11.4. The second-order valence-corrected chi connectivity index (χ2v) is 4.62. The number of anilines is 1. The average molecular weight is 307 g/mol. The highest BCUT2D eigenvalue weighted by atomic mass is 35.5. The van der Waals surface area contributed by atoms with Crippen molar-refractivity contribution in [2.24, 2.45) is 0 Å². The standard InChI is InChI=1S/C11H12Cl2N2O4/c1-5(16)9(10(17)18)15-11(19)14-8-3-2-6(12)4-7(8)13/h2-5,9,16H,1H3,(H,17,18)(H2,14,15,19)/t5-,9+/m1/s1. The van der Waals surface area contributed by atoms with Crippen LogP contribution in [0.15, 0.2) is 18.2 Å². The molecule has 0 spiro atoms. The number of carbonyl (C=O) groups excluding carboxylic acids is 1. The van der Waals surface area contributed by atoms with Crippen LogP contribution in [0.1, 0.15) is 6.92 Å². The van der Waals surface area contributed by atoms with E-state index in [1.54, 1.807) is 0 Å². The second kappa shape index (κ2) is 6.60. The third-order valence-corrected chi connectivity index (χ3v) is 2.76. The molecule has 0 aliphatic heterocycles. The third-order valence-electron chi connectivity index (χ3n) is 2.21. The molecule has 8 heteroatoms. The van der Waals surface area contributed by atoms with Gasteiger partial charge in [0.2, 0.25) is 0 Å². The molecule has 6 nitrogen and oxygen atoms in total. The number of hydrogen-bond acceptors (Lipinski definition) is 3. The Bertz CT molecular complexity index is 494. The average Bonchev–Trinajstić information content (AvgIpc) is 2.29. The molecular formula is C11H12Cl2N2O4. The van der Waals surface area contributed by atoms with Crippen LogP contribution in [0.25, 0.3) is 0 Å². The molecule has 0 saturated heterocycles. The van der Waals surface area contributed by atoms with Gasteiger partial charge in [0.05, 0.1) is 16.8 Å².